The summed E-state index contributed by atoms with van der Waals surface area (Å²) in [6, 6.07) is 13.9. The molecule has 0 aliphatic carbocycles. The number of nitrogens with one attached hydrogen (secondary N) is 1. The molecule has 8 heteroatoms. The average molecular weight is 461 g/mol. The highest BCUT2D eigenvalue weighted by Crippen LogP contribution is 2.31. The van der Waals surface area contributed by atoms with Gasteiger partial charge < -0.3 is 23.9 Å². The second-order valence-electron chi connectivity index (χ2n) is 8.38. The Labute approximate surface area is 197 Å². The van der Waals surface area contributed by atoms with Crippen molar-refractivity contribution >= 4 is 16.8 Å². The maximum absolute atomic E-state index is 12.7. The lowest BCUT2D eigenvalue weighted by Crippen LogP contribution is -2.27. The van der Waals surface area contributed by atoms with Crippen molar-refractivity contribution in [1.82, 2.24) is 20.0 Å². The standard InChI is InChI=1S/C26H28N4O4/c1-3-32-22-8-5-17(13-23(22)33-4-2)10-12-30-16-20(15-24(30)31)25-28-26(34-29-25)19-7-6-18-9-11-27-21(18)14-19/h5-9,11,13-14,20,27H,3-4,10,12,15-16H2,1-2H3. The first-order chi connectivity index (χ1) is 16.6. The molecule has 176 valence electrons. The smallest absolute Gasteiger partial charge is 0.258 e. The fourth-order valence-electron chi connectivity index (χ4n) is 4.38. The highest BCUT2D eigenvalue weighted by Gasteiger charge is 2.33. The highest BCUT2D eigenvalue weighted by molar-refractivity contribution is 5.83. The molecular formula is C26H28N4O4. The fourth-order valence-corrected chi connectivity index (χ4v) is 4.38. The first kappa shape index (κ1) is 22.0. The van der Waals surface area contributed by atoms with E-state index in [0.717, 1.165) is 39.9 Å². The zero-order valence-electron chi connectivity index (χ0n) is 19.4. The van der Waals surface area contributed by atoms with Crippen molar-refractivity contribution in [3.8, 4) is 23.0 Å². The zero-order chi connectivity index (χ0) is 23.5. The van der Waals surface area contributed by atoms with Crippen molar-refractivity contribution in [1.29, 1.82) is 0 Å². The van der Waals surface area contributed by atoms with E-state index in [1.54, 1.807) is 0 Å². The van der Waals surface area contributed by atoms with Crippen molar-refractivity contribution in [2.45, 2.75) is 32.6 Å². The number of benzene rings is 2. The molecule has 2 aromatic heterocycles. The third-order valence-electron chi connectivity index (χ3n) is 6.10. The van der Waals surface area contributed by atoms with E-state index in [9.17, 15) is 4.79 Å². The van der Waals surface area contributed by atoms with Gasteiger partial charge in [-0.15, -0.1) is 0 Å². The Bertz CT molecular complexity index is 1290. The summed E-state index contributed by atoms with van der Waals surface area (Å²) in [7, 11) is 0. The first-order valence-corrected chi connectivity index (χ1v) is 11.7. The largest absolute Gasteiger partial charge is 0.490 e. The molecule has 1 aliphatic rings. The van der Waals surface area contributed by atoms with Crippen LogP contribution in [0.1, 0.15) is 37.6 Å². The number of rotatable bonds is 9. The molecule has 1 unspecified atom stereocenters. The van der Waals surface area contributed by atoms with E-state index in [-0.39, 0.29) is 11.8 Å². The summed E-state index contributed by atoms with van der Waals surface area (Å²) in [6.45, 7) is 6.27. The Morgan fingerprint density at radius 2 is 1.94 bits per heavy atom. The molecule has 2 aromatic carbocycles. The molecule has 0 spiro atoms. The van der Waals surface area contributed by atoms with Gasteiger partial charge in [-0.3, -0.25) is 4.79 Å². The van der Waals surface area contributed by atoms with Crippen molar-refractivity contribution in [2.75, 3.05) is 26.3 Å². The van der Waals surface area contributed by atoms with Crippen LogP contribution in [0.5, 0.6) is 11.5 Å². The number of nitrogens with zero attached hydrogens (tertiary/aromatic N) is 3. The Hall–Kier alpha value is -3.81. The topological polar surface area (TPSA) is 93.5 Å². The van der Waals surface area contributed by atoms with Crippen molar-refractivity contribution in [3.63, 3.8) is 0 Å². The normalized spacial score (nSPS) is 15.9. The summed E-state index contributed by atoms with van der Waals surface area (Å²) in [6.07, 6.45) is 3.03. The van der Waals surface area contributed by atoms with Gasteiger partial charge in [-0.1, -0.05) is 17.3 Å². The predicted molar refractivity (Wildman–Crippen MR) is 128 cm³/mol. The molecule has 1 atom stereocenters. The summed E-state index contributed by atoms with van der Waals surface area (Å²) in [5.41, 5.74) is 2.97. The molecule has 1 fully saturated rings. The van der Waals surface area contributed by atoms with Gasteiger partial charge in [-0.2, -0.15) is 4.98 Å². The van der Waals surface area contributed by atoms with Crippen LogP contribution in [0.25, 0.3) is 22.4 Å². The van der Waals surface area contributed by atoms with E-state index >= 15 is 0 Å². The van der Waals surface area contributed by atoms with Crippen LogP contribution in [0, 0.1) is 0 Å². The highest BCUT2D eigenvalue weighted by atomic mass is 16.5. The van der Waals surface area contributed by atoms with Gasteiger partial charge in [-0.05, 0) is 61.5 Å². The van der Waals surface area contributed by atoms with Gasteiger partial charge in [0.05, 0.1) is 13.2 Å². The van der Waals surface area contributed by atoms with E-state index < -0.39 is 0 Å². The lowest BCUT2D eigenvalue weighted by molar-refractivity contribution is -0.127. The minimum atomic E-state index is -0.0708. The minimum absolute atomic E-state index is 0.0708. The molecule has 1 aliphatic heterocycles. The number of fused-ring (bicyclic) bond motifs is 1. The van der Waals surface area contributed by atoms with Crippen LogP contribution >= 0.6 is 0 Å². The molecule has 8 nitrogen and oxygen atoms in total. The Balaban J connectivity index is 1.23. The maximum atomic E-state index is 12.7. The van der Waals surface area contributed by atoms with E-state index in [2.05, 4.69) is 15.1 Å². The zero-order valence-corrected chi connectivity index (χ0v) is 19.4. The average Bonchev–Trinajstić information content (AvgIpc) is 3.58. The molecular weight excluding hydrogens is 432 g/mol. The molecule has 1 amide bonds. The lowest BCUT2D eigenvalue weighted by Gasteiger charge is -2.17. The van der Waals surface area contributed by atoms with Gasteiger partial charge >= 0.3 is 0 Å². The van der Waals surface area contributed by atoms with Gasteiger partial charge in [0.2, 0.25) is 5.91 Å². The summed E-state index contributed by atoms with van der Waals surface area (Å²) in [4.78, 5) is 22.3. The Morgan fingerprint density at radius 3 is 2.79 bits per heavy atom. The number of amides is 1. The van der Waals surface area contributed by atoms with Gasteiger partial charge in [-0.25, -0.2) is 0 Å². The third kappa shape index (κ3) is 4.48. The van der Waals surface area contributed by atoms with E-state index in [1.165, 1.54) is 0 Å². The number of ether oxygens (including phenoxy) is 2. The number of H-pyrrole nitrogens is 1. The summed E-state index contributed by atoms with van der Waals surface area (Å²) in [5.74, 6) is 2.57. The van der Waals surface area contributed by atoms with Gasteiger partial charge in [0.1, 0.15) is 0 Å². The first-order valence-electron chi connectivity index (χ1n) is 11.7. The molecule has 3 heterocycles. The number of likely N-dealkylation sites (tertiary alicyclic amines) is 1. The van der Waals surface area contributed by atoms with Crippen LogP contribution in [-0.4, -0.2) is 52.2 Å². The molecule has 0 bridgehead atoms. The van der Waals surface area contributed by atoms with Crippen LogP contribution < -0.4 is 9.47 Å². The quantitative estimate of drug-likeness (QED) is 0.393. The SMILES string of the molecule is CCOc1ccc(CCN2CC(c3noc(-c4ccc5cc[nH]c5c4)n3)CC2=O)cc1OCC. The molecule has 4 aromatic rings. The van der Waals surface area contributed by atoms with E-state index in [0.29, 0.717) is 44.4 Å². The molecule has 0 saturated carbocycles. The summed E-state index contributed by atoms with van der Waals surface area (Å²) >= 11 is 0. The predicted octanol–water partition coefficient (Wildman–Crippen LogP) is 4.57. The van der Waals surface area contributed by atoms with Crippen LogP contribution in [-0.2, 0) is 11.2 Å². The number of aromatic nitrogens is 3. The van der Waals surface area contributed by atoms with Crippen molar-refractivity contribution in [2.24, 2.45) is 0 Å². The number of aromatic amines is 1. The number of carbonyl (C=O) groups is 1. The van der Waals surface area contributed by atoms with Crippen LogP contribution in [0.4, 0.5) is 0 Å². The minimum Gasteiger partial charge on any atom is -0.490 e. The fraction of sp³-hybridized carbons (Fsp3) is 0.346. The molecule has 0 radical (unpaired) electrons. The maximum Gasteiger partial charge on any atom is 0.258 e. The van der Waals surface area contributed by atoms with E-state index in [1.807, 2.05) is 67.4 Å². The molecule has 1 N–H and O–H groups in total. The van der Waals surface area contributed by atoms with Gasteiger partial charge in [0.25, 0.3) is 5.89 Å². The monoisotopic (exact) mass is 460 g/mol. The van der Waals surface area contributed by atoms with Gasteiger partial charge in [0.15, 0.2) is 17.3 Å². The number of hydrogen-bond donors (Lipinski definition) is 1. The summed E-state index contributed by atoms with van der Waals surface area (Å²) in [5, 5.41) is 5.31. The second-order valence-corrected chi connectivity index (χ2v) is 8.38. The molecule has 34 heavy (non-hydrogen) atoms. The second kappa shape index (κ2) is 9.59. The van der Waals surface area contributed by atoms with Crippen LogP contribution in [0.3, 0.4) is 0 Å². The molecule has 5 rings (SSSR count). The van der Waals surface area contributed by atoms with Crippen molar-refractivity contribution < 1.29 is 18.8 Å². The number of hydrogen-bond acceptors (Lipinski definition) is 6. The number of carbonyl (C=O) groups excluding carboxylic acids is 1. The Morgan fingerprint density at radius 1 is 1.09 bits per heavy atom. The van der Waals surface area contributed by atoms with Gasteiger partial charge in [0, 0.05) is 42.7 Å². The van der Waals surface area contributed by atoms with Crippen molar-refractivity contribution in [3.05, 3.63) is 60.0 Å². The lowest BCUT2D eigenvalue weighted by atomic mass is 10.1. The summed E-state index contributed by atoms with van der Waals surface area (Å²) < 4.78 is 16.9. The Kier molecular flexibility index (Phi) is 6.20. The van der Waals surface area contributed by atoms with E-state index in [4.69, 9.17) is 14.0 Å². The molecule has 1 saturated heterocycles. The van der Waals surface area contributed by atoms with Crippen LogP contribution in [0.15, 0.2) is 53.2 Å². The van der Waals surface area contributed by atoms with Crippen LogP contribution in [0.2, 0.25) is 0 Å². The third-order valence-corrected chi connectivity index (χ3v) is 6.10.